The fourth-order valence-electron chi connectivity index (χ4n) is 6.68. The molecule has 1 heterocycles. The number of fused-ring (bicyclic) bond motifs is 1. The van der Waals surface area contributed by atoms with Crippen LogP contribution in [-0.2, 0) is 4.74 Å². The summed E-state index contributed by atoms with van der Waals surface area (Å²) < 4.78 is 6.56. The van der Waals surface area contributed by atoms with E-state index in [0.29, 0.717) is 11.3 Å². The molecule has 0 spiro atoms. The van der Waals surface area contributed by atoms with Gasteiger partial charge in [-0.05, 0) is 102 Å². The highest BCUT2D eigenvalue weighted by Crippen LogP contribution is 2.52. The third-order valence-electron chi connectivity index (χ3n) is 9.31. The lowest BCUT2D eigenvalue weighted by Crippen LogP contribution is -2.39. The molecule has 0 amide bonds. The maximum atomic E-state index is 6.56. The van der Waals surface area contributed by atoms with Crippen LogP contribution in [0.2, 0.25) is 0 Å². The van der Waals surface area contributed by atoms with E-state index in [0.717, 1.165) is 6.42 Å². The van der Waals surface area contributed by atoms with Gasteiger partial charge < -0.3 is 4.74 Å². The van der Waals surface area contributed by atoms with Crippen LogP contribution in [0.5, 0.6) is 0 Å². The molecule has 41 heavy (non-hydrogen) atoms. The monoisotopic (exact) mass is 552 g/mol. The van der Waals surface area contributed by atoms with Crippen molar-refractivity contribution in [2.75, 3.05) is 0 Å². The average Bonchev–Trinajstić information content (AvgIpc) is 3.25. The second kappa shape index (κ2) is 14.0. The fourth-order valence-corrected chi connectivity index (χ4v) is 6.68. The SMILES string of the molecule is CC(C=CC1C(C)=CCCC1(C)C)=CC=CC(C)=C/C=C/C=C(C)/C=C/C=C(\C)C1C=C2C(C)(C)CCCC2(C)O1. The third-order valence-corrected chi connectivity index (χ3v) is 9.31. The summed E-state index contributed by atoms with van der Waals surface area (Å²) in [5.41, 5.74) is 8.47. The largest absolute Gasteiger partial charge is 0.359 e. The second-order valence-corrected chi connectivity index (χ2v) is 14.1. The summed E-state index contributed by atoms with van der Waals surface area (Å²) in [4.78, 5) is 0. The molecule has 1 nitrogen and oxygen atoms in total. The Morgan fingerprint density at radius 1 is 0.756 bits per heavy atom. The van der Waals surface area contributed by atoms with E-state index < -0.39 is 0 Å². The fraction of sp³-hybridized carbons (Fsp3) is 0.500. The summed E-state index contributed by atoms with van der Waals surface area (Å²) in [6.45, 7) is 22.7. The van der Waals surface area contributed by atoms with E-state index >= 15 is 0 Å². The lowest BCUT2D eigenvalue weighted by molar-refractivity contribution is -0.0307. The van der Waals surface area contributed by atoms with Crippen molar-refractivity contribution in [2.45, 2.75) is 113 Å². The maximum Gasteiger partial charge on any atom is 0.0982 e. The van der Waals surface area contributed by atoms with E-state index in [4.69, 9.17) is 4.74 Å². The Bertz CT molecular complexity index is 1240. The van der Waals surface area contributed by atoms with Crippen LogP contribution in [0.3, 0.4) is 0 Å². The number of allylic oxidation sites excluding steroid dienone is 17. The summed E-state index contributed by atoms with van der Waals surface area (Å²) in [6, 6.07) is 0. The van der Waals surface area contributed by atoms with E-state index in [1.165, 1.54) is 59.1 Å². The zero-order valence-electron chi connectivity index (χ0n) is 27.7. The Morgan fingerprint density at radius 3 is 1.95 bits per heavy atom. The highest BCUT2D eigenvalue weighted by atomic mass is 16.5. The first-order valence-corrected chi connectivity index (χ1v) is 15.7. The zero-order valence-corrected chi connectivity index (χ0v) is 27.7. The summed E-state index contributed by atoms with van der Waals surface area (Å²) in [5.74, 6) is 0.529. The van der Waals surface area contributed by atoms with Gasteiger partial charge in [-0.2, -0.15) is 0 Å². The van der Waals surface area contributed by atoms with Gasteiger partial charge in [0.1, 0.15) is 0 Å². The van der Waals surface area contributed by atoms with Crippen LogP contribution in [0, 0.1) is 16.7 Å². The molecule has 2 aliphatic carbocycles. The van der Waals surface area contributed by atoms with Crippen LogP contribution >= 0.6 is 0 Å². The normalized spacial score (nSPS) is 29.6. The van der Waals surface area contributed by atoms with Gasteiger partial charge in [-0.25, -0.2) is 0 Å². The van der Waals surface area contributed by atoms with Crippen molar-refractivity contribution in [1.82, 2.24) is 0 Å². The van der Waals surface area contributed by atoms with Gasteiger partial charge in [0, 0.05) is 5.92 Å². The molecule has 0 aromatic rings. The van der Waals surface area contributed by atoms with Gasteiger partial charge in [-0.3, -0.25) is 0 Å². The Labute approximate surface area is 252 Å². The van der Waals surface area contributed by atoms with E-state index in [-0.39, 0.29) is 17.1 Å². The molecule has 3 aliphatic rings. The van der Waals surface area contributed by atoms with Crippen molar-refractivity contribution in [3.63, 3.8) is 0 Å². The van der Waals surface area contributed by atoms with Crippen LogP contribution in [-0.4, -0.2) is 11.7 Å². The minimum atomic E-state index is -0.0954. The van der Waals surface area contributed by atoms with E-state index in [9.17, 15) is 0 Å². The summed E-state index contributed by atoms with van der Waals surface area (Å²) in [7, 11) is 0. The van der Waals surface area contributed by atoms with Gasteiger partial charge in [0.2, 0.25) is 0 Å². The number of hydrogen-bond acceptors (Lipinski definition) is 1. The van der Waals surface area contributed by atoms with Crippen LogP contribution in [0.4, 0.5) is 0 Å². The highest BCUT2D eigenvalue weighted by Gasteiger charge is 2.47. The molecule has 3 rings (SSSR count). The summed E-state index contributed by atoms with van der Waals surface area (Å²) in [5, 5.41) is 0. The Balaban J connectivity index is 1.50. The molecule has 0 saturated heterocycles. The molecule has 1 fully saturated rings. The van der Waals surface area contributed by atoms with Gasteiger partial charge >= 0.3 is 0 Å². The smallest absolute Gasteiger partial charge is 0.0982 e. The molecule has 0 N–H and O–H groups in total. The third kappa shape index (κ3) is 9.17. The van der Waals surface area contributed by atoms with E-state index in [2.05, 4.69) is 154 Å². The van der Waals surface area contributed by atoms with Crippen LogP contribution in [0.25, 0.3) is 0 Å². The summed E-state index contributed by atoms with van der Waals surface area (Å²) in [6.07, 6.45) is 37.2. The number of rotatable bonds is 9. The van der Waals surface area contributed by atoms with Crippen LogP contribution in [0.15, 0.2) is 119 Å². The van der Waals surface area contributed by atoms with E-state index in [1.54, 1.807) is 0 Å². The zero-order chi connectivity index (χ0) is 30.3. The molecule has 3 unspecified atom stereocenters. The molecule has 0 aromatic carbocycles. The molecule has 1 heteroatoms. The first-order chi connectivity index (χ1) is 19.2. The Hall–Kier alpha value is -2.64. The van der Waals surface area contributed by atoms with Crippen molar-refractivity contribution >= 4 is 0 Å². The Kier molecular flexibility index (Phi) is 11.2. The van der Waals surface area contributed by atoms with Crippen molar-refractivity contribution in [1.29, 1.82) is 0 Å². The highest BCUT2D eigenvalue weighted by molar-refractivity contribution is 5.37. The molecule has 3 atom stereocenters. The van der Waals surface area contributed by atoms with E-state index in [1.807, 2.05) is 0 Å². The first kappa shape index (κ1) is 32.9. The quantitative estimate of drug-likeness (QED) is 0.204. The number of hydrogen-bond donors (Lipinski definition) is 0. The van der Waals surface area contributed by atoms with Crippen molar-refractivity contribution < 1.29 is 4.74 Å². The number of ether oxygens (including phenoxy) is 1. The molecule has 1 saturated carbocycles. The predicted molar refractivity (Wildman–Crippen MR) is 181 cm³/mol. The van der Waals surface area contributed by atoms with Crippen molar-refractivity contribution in [2.24, 2.45) is 16.7 Å². The summed E-state index contributed by atoms with van der Waals surface area (Å²) >= 11 is 0. The van der Waals surface area contributed by atoms with Gasteiger partial charge in [0.25, 0.3) is 0 Å². The molecule has 0 bridgehead atoms. The minimum absolute atomic E-state index is 0.0856. The minimum Gasteiger partial charge on any atom is -0.359 e. The molecular formula is C40H56O. The molecule has 0 radical (unpaired) electrons. The first-order valence-electron chi connectivity index (χ1n) is 15.7. The standard InChI is InChI=1S/C40H56O/c1-30(19-13-20-32(3)24-25-35-33(4)23-15-26-38(35,6)7)17-11-12-18-31(2)21-14-22-34(5)36-29-37-39(8,9)27-16-28-40(37,10)41-36/h11-14,17-25,29,35-36H,15-16,26-28H2,1-10H3/b12-11+,19-13?,21-14+,25-24?,30-17?,31-18+,32-20?,34-22+. The Morgan fingerprint density at radius 2 is 1.34 bits per heavy atom. The second-order valence-electron chi connectivity index (χ2n) is 14.1. The topological polar surface area (TPSA) is 9.23 Å². The van der Waals surface area contributed by atoms with Gasteiger partial charge in [-0.1, -0.05) is 129 Å². The van der Waals surface area contributed by atoms with Gasteiger partial charge in [-0.15, -0.1) is 0 Å². The lowest BCUT2D eigenvalue weighted by Gasteiger charge is -2.42. The average molecular weight is 553 g/mol. The molecule has 1 aliphatic heterocycles. The lowest BCUT2D eigenvalue weighted by atomic mass is 9.67. The van der Waals surface area contributed by atoms with Crippen LogP contribution in [0.1, 0.15) is 101 Å². The molecule has 0 aromatic heterocycles. The van der Waals surface area contributed by atoms with Crippen molar-refractivity contribution in [3.05, 3.63) is 119 Å². The molecular weight excluding hydrogens is 496 g/mol. The van der Waals surface area contributed by atoms with Crippen LogP contribution < -0.4 is 0 Å². The predicted octanol–water partition coefficient (Wildman–Crippen LogP) is 11.7. The van der Waals surface area contributed by atoms with Gasteiger partial charge in [0.05, 0.1) is 11.7 Å². The van der Waals surface area contributed by atoms with Gasteiger partial charge in [0.15, 0.2) is 0 Å². The maximum absolute atomic E-state index is 6.56. The van der Waals surface area contributed by atoms with Crippen molar-refractivity contribution in [3.8, 4) is 0 Å². The molecule has 222 valence electrons.